The number of para-hydroxylation sites is 1. The van der Waals surface area contributed by atoms with Crippen LogP contribution in [0.3, 0.4) is 0 Å². The number of fused-ring (bicyclic) bond motifs is 2. The van der Waals surface area contributed by atoms with Gasteiger partial charge in [0.2, 0.25) is 0 Å². The fraction of sp³-hybridized carbons (Fsp3) is 0.234. The molecule has 0 unspecified atom stereocenters. The minimum absolute atomic E-state index is 0.481. The zero-order valence-electron chi connectivity index (χ0n) is 33.4. The molecule has 4 heterocycles. The highest BCUT2D eigenvalue weighted by Crippen LogP contribution is 2.40. The Kier molecular flexibility index (Phi) is 10.4. The monoisotopic (exact) mass is 776 g/mol. The number of halogens is 1. The molecule has 0 spiro atoms. The zero-order valence-corrected chi connectivity index (χ0v) is 34.1. The molecule has 8 aromatic rings. The number of hydrogen-bond acceptors (Lipinski definition) is 7. The third kappa shape index (κ3) is 6.97. The van der Waals surface area contributed by atoms with Crippen molar-refractivity contribution < 1.29 is 14.2 Å². The Hall–Kier alpha value is -6.19. The maximum Gasteiger partial charge on any atom is 0.128 e. The van der Waals surface area contributed by atoms with Gasteiger partial charge in [0, 0.05) is 78.3 Å². The first-order valence-corrected chi connectivity index (χ1v) is 19.7. The lowest BCUT2D eigenvalue weighted by atomic mass is 10.0. The minimum Gasteiger partial charge on any atom is -0.494 e. The van der Waals surface area contributed by atoms with Crippen molar-refractivity contribution in [2.75, 3.05) is 19.8 Å². The smallest absolute Gasteiger partial charge is 0.128 e. The van der Waals surface area contributed by atoms with E-state index in [0.29, 0.717) is 31.3 Å². The highest BCUT2D eigenvalue weighted by Gasteiger charge is 2.23. The van der Waals surface area contributed by atoms with E-state index in [2.05, 4.69) is 82.5 Å². The molecule has 288 valence electrons. The summed E-state index contributed by atoms with van der Waals surface area (Å²) in [6.45, 7) is 16.2. The van der Waals surface area contributed by atoms with Crippen LogP contribution in [0.4, 0.5) is 0 Å². The van der Waals surface area contributed by atoms with Crippen molar-refractivity contribution in [3.63, 3.8) is 0 Å². The van der Waals surface area contributed by atoms with Crippen LogP contribution in [0.2, 0.25) is 5.02 Å². The summed E-state index contributed by atoms with van der Waals surface area (Å²) >= 11 is 6.18. The second kappa shape index (κ2) is 15.7. The Balaban J connectivity index is 0.967. The Morgan fingerprint density at radius 3 is 1.58 bits per heavy atom. The lowest BCUT2D eigenvalue weighted by molar-refractivity contribution is 0.248. The second-order valence-corrected chi connectivity index (χ2v) is 14.7. The van der Waals surface area contributed by atoms with Crippen LogP contribution >= 0.6 is 11.6 Å². The topological polar surface area (TPSA) is 89.1 Å². The van der Waals surface area contributed by atoms with E-state index in [4.69, 9.17) is 30.9 Å². The Morgan fingerprint density at radius 2 is 1.00 bits per heavy atom. The molecule has 0 bridgehead atoms. The van der Waals surface area contributed by atoms with E-state index >= 15 is 0 Å². The third-order valence-corrected chi connectivity index (χ3v) is 10.9. The first-order valence-electron chi connectivity index (χ1n) is 19.3. The molecular formula is C47H45ClN6O3. The van der Waals surface area contributed by atoms with Gasteiger partial charge in [-0.15, -0.1) is 10.2 Å². The van der Waals surface area contributed by atoms with Crippen molar-refractivity contribution in [3.8, 4) is 51.1 Å². The molecule has 0 radical (unpaired) electrons. The van der Waals surface area contributed by atoms with Gasteiger partial charge in [-0.25, -0.2) is 0 Å². The summed E-state index contributed by atoms with van der Waals surface area (Å²) < 4.78 is 22.8. The van der Waals surface area contributed by atoms with Gasteiger partial charge in [0.25, 0.3) is 0 Å². The van der Waals surface area contributed by atoms with Crippen molar-refractivity contribution in [1.82, 2.24) is 29.5 Å². The summed E-state index contributed by atoms with van der Waals surface area (Å²) in [6.07, 6.45) is 0.700. The van der Waals surface area contributed by atoms with E-state index < -0.39 is 0 Å². The molecule has 0 aliphatic carbocycles. The van der Waals surface area contributed by atoms with E-state index in [-0.39, 0.29) is 0 Å². The largest absolute Gasteiger partial charge is 0.494 e. The molecule has 0 atom stereocenters. The minimum atomic E-state index is 0.481. The van der Waals surface area contributed by atoms with Crippen LogP contribution in [0, 0.1) is 41.5 Å². The molecule has 0 aliphatic heterocycles. The third-order valence-electron chi connectivity index (χ3n) is 10.7. The molecule has 0 fully saturated rings. The van der Waals surface area contributed by atoms with Gasteiger partial charge in [-0.1, -0.05) is 35.9 Å². The van der Waals surface area contributed by atoms with Gasteiger partial charge in [-0.2, -0.15) is 10.2 Å². The molecule has 0 N–H and O–H groups in total. The predicted molar refractivity (Wildman–Crippen MR) is 229 cm³/mol. The zero-order chi connectivity index (χ0) is 39.8. The Bertz CT molecular complexity index is 2740. The first-order chi connectivity index (χ1) is 27.7. The van der Waals surface area contributed by atoms with Gasteiger partial charge in [-0.3, -0.25) is 0 Å². The van der Waals surface area contributed by atoms with Gasteiger partial charge in [0.15, 0.2) is 0 Å². The summed E-state index contributed by atoms with van der Waals surface area (Å²) in [7, 11) is 0. The quantitative estimate of drug-likeness (QED) is 0.114. The van der Waals surface area contributed by atoms with Crippen molar-refractivity contribution in [3.05, 3.63) is 136 Å². The van der Waals surface area contributed by atoms with Gasteiger partial charge in [-0.05, 0) is 121 Å². The second-order valence-electron chi connectivity index (χ2n) is 14.3. The Morgan fingerprint density at radius 1 is 0.509 bits per heavy atom. The average molecular weight is 777 g/mol. The number of hydrogen-bond donors (Lipinski definition) is 0. The maximum absolute atomic E-state index is 6.41. The molecule has 4 aromatic heterocycles. The lowest BCUT2D eigenvalue weighted by Gasteiger charge is -2.13. The number of rotatable bonds is 12. The summed E-state index contributed by atoms with van der Waals surface area (Å²) in [5.74, 6) is 2.41. The van der Waals surface area contributed by atoms with Gasteiger partial charge < -0.3 is 23.3 Å². The van der Waals surface area contributed by atoms with Crippen molar-refractivity contribution in [2.45, 2.75) is 54.9 Å². The van der Waals surface area contributed by atoms with E-state index in [1.807, 2.05) is 87.5 Å². The molecule has 0 aliphatic rings. The highest BCUT2D eigenvalue weighted by molar-refractivity contribution is 6.30. The van der Waals surface area contributed by atoms with Crippen LogP contribution in [0.25, 0.3) is 55.4 Å². The summed E-state index contributed by atoms with van der Waals surface area (Å²) in [5, 5.41) is 23.6. The number of nitrogens with zero attached hydrogens (tertiary/aromatic N) is 6. The Labute approximate surface area is 337 Å². The molecule has 0 saturated carbocycles. The summed E-state index contributed by atoms with van der Waals surface area (Å²) in [4.78, 5) is 0. The average Bonchev–Trinajstić information content (AvgIpc) is 3.65. The van der Waals surface area contributed by atoms with Gasteiger partial charge in [0.05, 0.1) is 31.2 Å². The van der Waals surface area contributed by atoms with Crippen molar-refractivity contribution >= 4 is 33.1 Å². The summed E-state index contributed by atoms with van der Waals surface area (Å²) in [5.41, 5.74) is 11.9. The van der Waals surface area contributed by atoms with E-state index in [1.54, 1.807) is 0 Å². The molecule has 57 heavy (non-hydrogen) atoms. The lowest BCUT2D eigenvalue weighted by Crippen LogP contribution is -2.06. The number of ether oxygens (including phenoxy) is 3. The molecule has 8 rings (SSSR count). The van der Waals surface area contributed by atoms with Crippen molar-refractivity contribution in [2.24, 2.45) is 0 Å². The fourth-order valence-electron chi connectivity index (χ4n) is 8.13. The van der Waals surface area contributed by atoms with E-state index in [9.17, 15) is 0 Å². The fourth-order valence-corrected chi connectivity index (χ4v) is 8.26. The van der Waals surface area contributed by atoms with Crippen LogP contribution in [0.1, 0.15) is 47.5 Å². The number of aromatic nitrogens is 6. The molecule has 4 aromatic carbocycles. The summed E-state index contributed by atoms with van der Waals surface area (Å²) in [6, 6.07) is 32.2. The standard InChI is InChI=1S/C47H45ClN6O3/c1-8-55-38-22-18-36(19-23-38)54-31(5)43-29(3)50-52-47(45(43)33(54)7)40-12-9-10-13-41(40)57-27-11-26-56-39-24-20-37(21-25-39)53-30(4)42-28(2)49-51-46(44(42)32(53)6)34-14-16-35(48)17-15-34/h9-10,12-25H,8,11,26-27H2,1-7H3. The highest BCUT2D eigenvalue weighted by atomic mass is 35.5. The number of aryl methyl sites for hydroxylation is 6. The van der Waals surface area contributed by atoms with Gasteiger partial charge >= 0.3 is 0 Å². The molecule has 9 nitrogen and oxygen atoms in total. The SMILES string of the molecule is CCOc1ccc(-n2c(C)c3c(C)nnc(-c4ccccc4OCCCOc4ccc(-n5c(C)c6c(C)nnc(-c7ccc(Cl)cc7)c6c5C)cc4)c3c2C)cc1. The molecule has 10 heteroatoms. The van der Waals surface area contributed by atoms with Crippen LogP contribution in [-0.4, -0.2) is 49.3 Å². The molecule has 0 saturated heterocycles. The van der Waals surface area contributed by atoms with Crippen molar-refractivity contribution in [1.29, 1.82) is 0 Å². The molecular weight excluding hydrogens is 732 g/mol. The first kappa shape index (κ1) is 37.7. The predicted octanol–water partition coefficient (Wildman–Crippen LogP) is 11.2. The van der Waals surface area contributed by atoms with E-state index in [1.165, 1.54) is 0 Å². The van der Waals surface area contributed by atoms with Crippen LogP contribution < -0.4 is 14.2 Å². The normalized spacial score (nSPS) is 11.4. The van der Waals surface area contributed by atoms with E-state index in [0.717, 1.165) is 107 Å². The van der Waals surface area contributed by atoms with Crippen LogP contribution in [-0.2, 0) is 0 Å². The van der Waals surface area contributed by atoms with Crippen LogP contribution in [0.5, 0.6) is 17.2 Å². The van der Waals surface area contributed by atoms with Gasteiger partial charge in [0.1, 0.15) is 28.6 Å². The number of benzene rings is 4. The molecule has 0 amide bonds. The maximum atomic E-state index is 6.41. The van der Waals surface area contributed by atoms with Crippen LogP contribution in [0.15, 0.2) is 97.1 Å².